The summed E-state index contributed by atoms with van der Waals surface area (Å²) in [6, 6.07) is 14.8. The van der Waals surface area contributed by atoms with Crippen LogP contribution in [0.5, 0.6) is 0 Å². The van der Waals surface area contributed by atoms with Crippen molar-refractivity contribution in [3.05, 3.63) is 65.2 Å². The van der Waals surface area contributed by atoms with Gasteiger partial charge in [-0.15, -0.1) is 0 Å². The van der Waals surface area contributed by atoms with Gasteiger partial charge in [-0.2, -0.15) is 0 Å². The smallest absolute Gasteiger partial charge is 0.223 e. The molecule has 2 aliphatic rings. The fraction of sp³-hybridized carbons (Fsp3) is 0.481. The highest BCUT2D eigenvalue weighted by Gasteiger charge is 2.34. The van der Waals surface area contributed by atoms with Gasteiger partial charge in [0.05, 0.1) is 10.1 Å². The maximum Gasteiger partial charge on any atom is 0.223 e. The predicted molar refractivity (Wildman–Crippen MR) is 135 cm³/mol. The van der Waals surface area contributed by atoms with Gasteiger partial charge in [0.1, 0.15) is 5.84 Å². The maximum atomic E-state index is 13.2. The van der Waals surface area contributed by atoms with Crippen molar-refractivity contribution < 1.29 is 13.2 Å². The second-order valence-electron chi connectivity index (χ2n) is 9.75. The molecule has 0 heterocycles. The number of nitrogens with two attached hydrogens (primary N) is 1. The van der Waals surface area contributed by atoms with Crippen molar-refractivity contribution in [2.75, 3.05) is 0 Å². The van der Waals surface area contributed by atoms with E-state index < -0.39 is 15.1 Å². The van der Waals surface area contributed by atoms with E-state index in [1.807, 2.05) is 24.3 Å². The minimum atomic E-state index is -3.38. The molecule has 0 bridgehead atoms. The highest BCUT2D eigenvalue weighted by Crippen LogP contribution is 2.35. The molecule has 6 nitrogen and oxygen atoms in total. The first-order valence-corrected chi connectivity index (χ1v) is 13.9. The molecule has 7 heteroatoms. The van der Waals surface area contributed by atoms with Gasteiger partial charge in [-0.1, -0.05) is 55.7 Å². The first kappa shape index (κ1) is 24.5. The average molecular weight is 482 g/mol. The van der Waals surface area contributed by atoms with E-state index in [9.17, 15) is 13.2 Å². The van der Waals surface area contributed by atoms with Crippen LogP contribution in [0.3, 0.4) is 0 Å². The number of carbonyl (C=O) groups is 1. The molecule has 0 radical (unpaired) electrons. The largest absolute Gasteiger partial charge is 0.384 e. The zero-order chi connectivity index (χ0) is 24.1. The standard InChI is InChI=1S/C27H35N3O3S/c28-26(29)22-8-6-19(7-9-22)18-30-27(31)23-12-16-25(17-13-23)34(32,33)24-14-10-21(11-15-24)20-4-2-1-3-5-20/h6-11,14-15,20,23,25H,1-5,12-13,16-18H2,(H3,28,29)(H,30,31). The third-order valence-corrected chi connectivity index (χ3v) is 9.78. The summed E-state index contributed by atoms with van der Waals surface area (Å²) in [5.74, 6) is 0.397. The van der Waals surface area contributed by atoms with Crippen LogP contribution in [0.2, 0.25) is 0 Å². The molecular weight excluding hydrogens is 446 g/mol. The minimum absolute atomic E-state index is 0.0162. The Bertz CT molecular complexity index is 1100. The lowest BCUT2D eigenvalue weighted by atomic mass is 9.84. The molecule has 0 spiro atoms. The van der Waals surface area contributed by atoms with Crippen molar-refractivity contribution in [3.63, 3.8) is 0 Å². The maximum absolute atomic E-state index is 13.2. The summed E-state index contributed by atoms with van der Waals surface area (Å²) < 4.78 is 26.4. The van der Waals surface area contributed by atoms with Gasteiger partial charge in [0.25, 0.3) is 0 Å². The van der Waals surface area contributed by atoms with E-state index in [0.29, 0.717) is 48.6 Å². The molecule has 1 amide bonds. The first-order valence-electron chi connectivity index (χ1n) is 12.4. The van der Waals surface area contributed by atoms with Gasteiger partial charge in [0, 0.05) is 18.0 Å². The zero-order valence-electron chi connectivity index (χ0n) is 19.6. The number of hydrogen-bond donors (Lipinski definition) is 3. The van der Waals surface area contributed by atoms with Crippen LogP contribution in [-0.4, -0.2) is 25.4 Å². The molecule has 2 aromatic carbocycles. The van der Waals surface area contributed by atoms with E-state index in [-0.39, 0.29) is 17.7 Å². The van der Waals surface area contributed by atoms with Crippen molar-refractivity contribution in [3.8, 4) is 0 Å². The lowest BCUT2D eigenvalue weighted by Gasteiger charge is -2.28. The number of nitrogens with one attached hydrogen (secondary N) is 2. The van der Waals surface area contributed by atoms with Crippen LogP contribution in [0.1, 0.15) is 80.4 Å². The Kier molecular flexibility index (Phi) is 7.71. The Balaban J connectivity index is 1.29. The van der Waals surface area contributed by atoms with Crippen LogP contribution in [-0.2, 0) is 21.2 Å². The molecule has 0 unspecified atom stereocenters. The van der Waals surface area contributed by atoms with Crippen LogP contribution in [0.4, 0.5) is 0 Å². The first-order chi connectivity index (χ1) is 16.3. The Morgan fingerprint density at radius 2 is 1.50 bits per heavy atom. The van der Waals surface area contributed by atoms with Crippen molar-refractivity contribution in [2.45, 2.75) is 80.4 Å². The Labute approximate surface area is 202 Å². The number of amidine groups is 1. The normalized spacial score (nSPS) is 21.6. The van der Waals surface area contributed by atoms with E-state index in [4.69, 9.17) is 11.1 Å². The van der Waals surface area contributed by atoms with Crippen molar-refractivity contribution in [1.82, 2.24) is 5.32 Å². The number of rotatable bonds is 7. The van der Waals surface area contributed by atoms with E-state index in [1.54, 1.807) is 24.3 Å². The van der Waals surface area contributed by atoms with Gasteiger partial charge in [-0.25, -0.2) is 8.42 Å². The number of amides is 1. The molecule has 0 aliphatic heterocycles. The minimum Gasteiger partial charge on any atom is -0.384 e. The Morgan fingerprint density at radius 1 is 0.882 bits per heavy atom. The summed E-state index contributed by atoms with van der Waals surface area (Å²) in [6.45, 7) is 0.405. The van der Waals surface area contributed by atoms with Crippen molar-refractivity contribution in [1.29, 1.82) is 5.41 Å². The zero-order valence-corrected chi connectivity index (χ0v) is 20.4. The van der Waals surface area contributed by atoms with Crippen LogP contribution in [0.25, 0.3) is 0 Å². The summed E-state index contributed by atoms with van der Waals surface area (Å²) in [5.41, 5.74) is 8.32. The number of nitrogen functional groups attached to an aromatic ring is 1. The number of sulfone groups is 1. The third-order valence-electron chi connectivity index (χ3n) is 7.50. The number of benzene rings is 2. The molecule has 0 aromatic heterocycles. The van der Waals surface area contributed by atoms with Gasteiger partial charge in [-0.3, -0.25) is 10.2 Å². The summed E-state index contributed by atoms with van der Waals surface area (Å²) in [5, 5.41) is 9.99. The van der Waals surface area contributed by atoms with Crippen LogP contribution in [0.15, 0.2) is 53.4 Å². The van der Waals surface area contributed by atoms with Crippen molar-refractivity contribution >= 4 is 21.6 Å². The quantitative estimate of drug-likeness (QED) is 0.394. The molecule has 2 saturated carbocycles. The van der Waals surface area contributed by atoms with Crippen LogP contribution < -0.4 is 11.1 Å². The lowest BCUT2D eigenvalue weighted by Crippen LogP contribution is -2.35. The molecule has 2 aliphatic carbocycles. The number of hydrogen-bond acceptors (Lipinski definition) is 4. The van der Waals surface area contributed by atoms with Crippen molar-refractivity contribution in [2.24, 2.45) is 11.7 Å². The molecular formula is C27H35N3O3S. The molecule has 34 heavy (non-hydrogen) atoms. The average Bonchev–Trinajstić information content (AvgIpc) is 2.88. The molecule has 2 aromatic rings. The number of carbonyl (C=O) groups excluding carboxylic acids is 1. The Hall–Kier alpha value is -2.67. The Morgan fingerprint density at radius 3 is 2.09 bits per heavy atom. The van der Waals surface area contributed by atoms with Gasteiger partial charge < -0.3 is 11.1 Å². The highest BCUT2D eigenvalue weighted by molar-refractivity contribution is 7.92. The van der Waals surface area contributed by atoms with Gasteiger partial charge in [0.15, 0.2) is 9.84 Å². The molecule has 182 valence electrons. The second kappa shape index (κ2) is 10.7. The molecule has 0 atom stereocenters. The third kappa shape index (κ3) is 5.69. The van der Waals surface area contributed by atoms with Crippen LogP contribution in [0, 0.1) is 11.3 Å². The fourth-order valence-corrected chi connectivity index (χ4v) is 7.12. The monoisotopic (exact) mass is 481 g/mol. The summed E-state index contributed by atoms with van der Waals surface area (Å²) >= 11 is 0. The fourth-order valence-electron chi connectivity index (χ4n) is 5.33. The molecule has 4 rings (SSSR count). The van der Waals surface area contributed by atoms with E-state index in [2.05, 4.69) is 5.32 Å². The summed E-state index contributed by atoms with van der Waals surface area (Å²) in [7, 11) is -3.38. The van der Waals surface area contributed by atoms with E-state index in [0.717, 1.165) is 5.56 Å². The summed E-state index contributed by atoms with van der Waals surface area (Å²) in [4.78, 5) is 13.1. The highest BCUT2D eigenvalue weighted by atomic mass is 32.2. The molecule has 2 fully saturated rings. The van der Waals surface area contributed by atoms with E-state index >= 15 is 0 Å². The molecule has 4 N–H and O–H groups in total. The predicted octanol–water partition coefficient (Wildman–Crippen LogP) is 4.67. The summed E-state index contributed by atoms with van der Waals surface area (Å²) in [6.07, 6.45) is 8.40. The van der Waals surface area contributed by atoms with Gasteiger partial charge in [-0.05, 0) is 67.7 Å². The van der Waals surface area contributed by atoms with Crippen LogP contribution >= 0.6 is 0 Å². The van der Waals surface area contributed by atoms with Gasteiger partial charge in [0.2, 0.25) is 5.91 Å². The second-order valence-corrected chi connectivity index (χ2v) is 12.0. The SMILES string of the molecule is N=C(N)c1ccc(CNC(=O)C2CCC(S(=O)(=O)c3ccc(C4CCCCC4)cc3)CC2)cc1. The topological polar surface area (TPSA) is 113 Å². The van der Waals surface area contributed by atoms with Gasteiger partial charge >= 0.3 is 0 Å². The molecule has 0 saturated heterocycles. The van der Waals surface area contributed by atoms with E-state index in [1.165, 1.54) is 37.7 Å². The lowest BCUT2D eigenvalue weighted by molar-refractivity contribution is -0.126.